The zero-order valence-electron chi connectivity index (χ0n) is 13.9. The molecular formula is C14H33IN4O. The number of hydrogen-bond acceptors (Lipinski definition) is 3. The summed E-state index contributed by atoms with van der Waals surface area (Å²) in [5.74, 6) is 1.56. The lowest BCUT2D eigenvalue weighted by atomic mass is 10.0. The Kier molecular flexibility index (Phi) is 15.4. The quantitative estimate of drug-likeness (QED) is 0.268. The summed E-state index contributed by atoms with van der Waals surface area (Å²) in [6, 6.07) is 0.484. The van der Waals surface area contributed by atoms with Crippen LogP contribution in [0.4, 0.5) is 0 Å². The lowest BCUT2D eigenvalue weighted by molar-refractivity contribution is 0.203. The van der Waals surface area contributed by atoms with Gasteiger partial charge in [-0.15, -0.1) is 24.0 Å². The lowest BCUT2D eigenvalue weighted by Gasteiger charge is -2.24. The van der Waals surface area contributed by atoms with Crippen molar-refractivity contribution < 1.29 is 4.74 Å². The Morgan fingerprint density at radius 2 is 1.90 bits per heavy atom. The van der Waals surface area contributed by atoms with Crippen molar-refractivity contribution in [2.75, 3.05) is 47.4 Å². The maximum Gasteiger partial charge on any atom is 0.191 e. The lowest BCUT2D eigenvalue weighted by Crippen LogP contribution is -2.40. The maximum atomic E-state index is 5.03. The van der Waals surface area contributed by atoms with Gasteiger partial charge < -0.3 is 20.3 Å². The molecule has 0 aliphatic heterocycles. The van der Waals surface area contributed by atoms with E-state index in [2.05, 4.69) is 55.4 Å². The second-order valence-corrected chi connectivity index (χ2v) is 5.39. The van der Waals surface area contributed by atoms with Gasteiger partial charge in [-0.1, -0.05) is 13.8 Å². The molecule has 0 spiro atoms. The molecule has 0 aromatic rings. The number of methoxy groups -OCH3 is 1. The van der Waals surface area contributed by atoms with Crippen LogP contribution in [0.1, 0.15) is 27.2 Å². The fraction of sp³-hybridized carbons (Fsp3) is 0.929. The first-order valence-corrected chi connectivity index (χ1v) is 7.18. The predicted octanol–water partition coefficient (Wildman–Crippen LogP) is 1.78. The number of halogens is 1. The molecule has 0 radical (unpaired) electrons. The van der Waals surface area contributed by atoms with Gasteiger partial charge in [-0.25, -0.2) is 0 Å². The zero-order chi connectivity index (χ0) is 14.7. The summed E-state index contributed by atoms with van der Waals surface area (Å²) in [7, 11) is 5.94. The molecule has 1 atom stereocenters. The SMILES string of the molecule is CCNC(=NCC(CC(C)C)N(C)C)NCCOC.I. The van der Waals surface area contributed by atoms with E-state index in [1.54, 1.807) is 7.11 Å². The van der Waals surface area contributed by atoms with Crippen LogP contribution in [0.5, 0.6) is 0 Å². The minimum Gasteiger partial charge on any atom is -0.383 e. The molecule has 122 valence electrons. The van der Waals surface area contributed by atoms with Crippen LogP contribution < -0.4 is 10.6 Å². The molecule has 0 aliphatic carbocycles. The van der Waals surface area contributed by atoms with Crippen molar-refractivity contribution in [1.29, 1.82) is 0 Å². The van der Waals surface area contributed by atoms with E-state index in [-0.39, 0.29) is 24.0 Å². The normalized spacial score (nSPS) is 13.3. The van der Waals surface area contributed by atoms with Gasteiger partial charge in [0.1, 0.15) is 0 Å². The second-order valence-electron chi connectivity index (χ2n) is 5.39. The standard InChI is InChI=1S/C14H32N4O.HI/c1-7-15-14(16-8-9-19-6)17-11-13(18(4)5)10-12(2)3;/h12-13H,7-11H2,1-6H3,(H2,15,16,17);1H. The van der Waals surface area contributed by atoms with E-state index in [1.165, 1.54) is 0 Å². The van der Waals surface area contributed by atoms with Gasteiger partial charge in [0.2, 0.25) is 0 Å². The van der Waals surface area contributed by atoms with Crippen molar-refractivity contribution in [3.05, 3.63) is 0 Å². The largest absolute Gasteiger partial charge is 0.383 e. The monoisotopic (exact) mass is 400 g/mol. The summed E-state index contributed by atoms with van der Waals surface area (Å²) in [5, 5.41) is 6.52. The predicted molar refractivity (Wildman–Crippen MR) is 98.2 cm³/mol. The van der Waals surface area contributed by atoms with Gasteiger partial charge in [-0.2, -0.15) is 0 Å². The average molecular weight is 400 g/mol. The summed E-state index contributed by atoms with van der Waals surface area (Å²) >= 11 is 0. The van der Waals surface area contributed by atoms with E-state index in [0.29, 0.717) is 18.6 Å². The van der Waals surface area contributed by atoms with E-state index in [4.69, 9.17) is 4.74 Å². The first-order chi connectivity index (χ1) is 9.01. The Balaban J connectivity index is 0. The van der Waals surface area contributed by atoms with Gasteiger partial charge in [0.25, 0.3) is 0 Å². The molecule has 20 heavy (non-hydrogen) atoms. The van der Waals surface area contributed by atoms with E-state index in [1.807, 2.05) is 0 Å². The van der Waals surface area contributed by atoms with Gasteiger partial charge in [-0.3, -0.25) is 4.99 Å². The van der Waals surface area contributed by atoms with E-state index in [9.17, 15) is 0 Å². The Morgan fingerprint density at radius 1 is 1.25 bits per heavy atom. The fourth-order valence-electron chi connectivity index (χ4n) is 1.80. The van der Waals surface area contributed by atoms with Gasteiger partial charge in [0, 0.05) is 26.2 Å². The van der Waals surface area contributed by atoms with Crippen molar-refractivity contribution >= 4 is 29.9 Å². The summed E-state index contributed by atoms with van der Waals surface area (Å²) in [4.78, 5) is 6.91. The molecule has 1 unspecified atom stereocenters. The molecule has 0 saturated carbocycles. The van der Waals surface area contributed by atoms with E-state index in [0.717, 1.165) is 32.0 Å². The summed E-state index contributed by atoms with van der Waals surface area (Å²) in [5.41, 5.74) is 0. The van der Waals surface area contributed by atoms with Crippen molar-refractivity contribution in [3.8, 4) is 0 Å². The molecule has 0 heterocycles. The van der Waals surface area contributed by atoms with Gasteiger partial charge >= 0.3 is 0 Å². The highest BCUT2D eigenvalue weighted by atomic mass is 127. The molecule has 0 bridgehead atoms. The van der Waals surface area contributed by atoms with Gasteiger partial charge in [0.15, 0.2) is 5.96 Å². The number of rotatable bonds is 9. The second kappa shape index (κ2) is 13.9. The van der Waals surface area contributed by atoms with E-state index < -0.39 is 0 Å². The Labute approximate surface area is 141 Å². The van der Waals surface area contributed by atoms with Crippen LogP contribution in [-0.4, -0.2) is 64.3 Å². The molecule has 0 saturated heterocycles. The number of aliphatic imine (C=N–C) groups is 1. The minimum atomic E-state index is 0. The average Bonchev–Trinajstić information content (AvgIpc) is 2.33. The molecule has 0 aromatic carbocycles. The van der Waals surface area contributed by atoms with Crippen LogP contribution in [0.15, 0.2) is 4.99 Å². The number of guanidine groups is 1. The Morgan fingerprint density at radius 3 is 2.35 bits per heavy atom. The molecule has 0 rings (SSSR count). The minimum absolute atomic E-state index is 0. The highest BCUT2D eigenvalue weighted by Crippen LogP contribution is 2.09. The number of likely N-dealkylation sites (N-methyl/N-ethyl adjacent to an activating group) is 1. The van der Waals surface area contributed by atoms with Crippen LogP contribution in [0.3, 0.4) is 0 Å². The first kappa shape index (κ1) is 22.2. The highest BCUT2D eigenvalue weighted by molar-refractivity contribution is 14.0. The molecular weight excluding hydrogens is 367 g/mol. The van der Waals surface area contributed by atoms with Crippen LogP contribution in [-0.2, 0) is 4.74 Å². The van der Waals surface area contributed by atoms with Crippen LogP contribution in [0, 0.1) is 5.92 Å². The van der Waals surface area contributed by atoms with Crippen LogP contribution in [0.25, 0.3) is 0 Å². The summed E-state index contributed by atoms with van der Waals surface area (Å²) in [6.07, 6.45) is 1.16. The van der Waals surface area contributed by atoms with Crippen molar-refractivity contribution in [3.63, 3.8) is 0 Å². The third-order valence-electron chi connectivity index (χ3n) is 2.88. The molecule has 2 N–H and O–H groups in total. The summed E-state index contributed by atoms with van der Waals surface area (Å²) in [6.45, 7) is 9.73. The maximum absolute atomic E-state index is 5.03. The number of hydrogen-bond donors (Lipinski definition) is 2. The molecule has 0 amide bonds. The third-order valence-corrected chi connectivity index (χ3v) is 2.88. The summed E-state index contributed by atoms with van der Waals surface area (Å²) < 4.78 is 5.03. The number of ether oxygens (including phenoxy) is 1. The van der Waals surface area contributed by atoms with Crippen molar-refractivity contribution in [2.24, 2.45) is 10.9 Å². The van der Waals surface area contributed by atoms with Gasteiger partial charge in [0.05, 0.1) is 13.2 Å². The Bertz CT molecular complexity index is 247. The van der Waals surface area contributed by atoms with Crippen molar-refractivity contribution in [2.45, 2.75) is 33.2 Å². The molecule has 0 fully saturated rings. The smallest absolute Gasteiger partial charge is 0.191 e. The molecule has 0 aliphatic rings. The molecule has 5 nitrogen and oxygen atoms in total. The topological polar surface area (TPSA) is 48.9 Å². The zero-order valence-corrected chi connectivity index (χ0v) is 16.2. The van der Waals surface area contributed by atoms with Crippen molar-refractivity contribution in [1.82, 2.24) is 15.5 Å². The number of nitrogens with zero attached hydrogens (tertiary/aromatic N) is 2. The first-order valence-electron chi connectivity index (χ1n) is 7.18. The fourth-order valence-corrected chi connectivity index (χ4v) is 1.80. The third kappa shape index (κ3) is 11.7. The molecule has 0 aromatic heterocycles. The Hall–Kier alpha value is -0.0800. The van der Waals surface area contributed by atoms with E-state index >= 15 is 0 Å². The highest BCUT2D eigenvalue weighted by Gasteiger charge is 2.13. The number of nitrogens with one attached hydrogen (secondary N) is 2. The van der Waals surface area contributed by atoms with Crippen LogP contribution >= 0.6 is 24.0 Å². The van der Waals surface area contributed by atoms with Crippen LogP contribution in [0.2, 0.25) is 0 Å². The van der Waals surface area contributed by atoms with Gasteiger partial charge in [-0.05, 0) is 33.4 Å². The molecule has 6 heteroatoms.